The van der Waals surface area contributed by atoms with Crippen LogP contribution >= 0.6 is 12.2 Å². The Bertz CT molecular complexity index is 1170. The fourth-order valence-electron chi connectivity index (χ4n) is 3.93. The van der Waals surface area contributed by atoms with Crippen molar-refractivity contribution in [1.82, 2.24) is 24.6 Å². The van der Waals surface area contributed by atoms with E-state index in [1.165, 1.54) is 13.2 Å². The molecule has 7 nitrogen and oxygen atoms in total. The predicted molar refractivity (Wildman–Crippen MR) is 122 cm³/mol. The molecule has 2 aromatic carbocycles. The molecule has 168 valence electrons. The summed E-state index contributed by atoms with van der Waals surface area (Å²) in [5.41, 5.74) is 2.92. The van der Waals surface area contributed by atoms with E-state index in [1.54, 1.807) is 10.6 Å². The number of rotatable bonds is 6. The number of hydrogen-bond donors (Lipinski definition) is 1. The van der Waals surface area contributed by atoms with Gasteiger partial charge in [-0.05, 0) is 42.9 Å². The van der Waals surface area contributed by atoms with Crippen molar-refractivity contribution in [2.45, 2.75) is 20.0 Å². The summed E-state index contributed by atoms with van der Waals surface area (Å²) in [4.78, 5) is 17.0. The minimum Gasteiger partial charge on any atom is -0.494 e. The summed E-state index contributed by atoms with van der Waals surface area (Å²) in [6.07, 6.45) is 0. The van der Waals surface area contributed by atoms with Gasteiger partial charge in [0, 0.05) is 38.3 Å². The SMILES string of the molecule is COc1ccc(CN2CCN(C(=O)Cn3c(-c4cccc(C)c4)n[nH]c3=S)CC2)cc1F. The van der Waals surface area contributed by atoms with Gasteiger partial charge in [0.05, 0.1) is 7.11 Å². The highest BCUT2D eigenvalue weighted by atomic mass is 32.1. The van der Waals surface area contributed by atoms with Gasteiger partial charge in [-0.3, -0.25) is 19.4 Å². The number of carbonyl (C=O) groups excluding carboxylic acids is 1. The van der Waals surface area contributed by atoms with Crippen LogP contribution in [-0.2, 0) is 17.9 Å². The number of piperazine rings is 1. The van der Waals surface area contributed by atoms with Crippen molar-refractivity contribution in [2.24, 2.45) is 0 Å². The van der Waals surface area contributed by atoms with Crippen molar-refractivity contribution in [2.75, 3.05) is 33.3 Å². The number of ether oxygens (including phenoxy) is 1. The molecule has 0 aliphatic carbocycles. The molecule has 32 heavy (non-hydrogen) atoms. The lowest BCUT2D eigenvalue weighted by Gasteiger charge is -2.35. The molecule has 0 bridgehead atoms. The fraction of sp³-hybridized carbons (Fsp3) is 0.348. The van der Waals surface area contributed by atoms with Crippen LogP contribution in [0, 0.1) is 17.5 Å². The second kappa shape index (κ2) is 9.62. The molecule has 0 unspecified atom stereocenters. The molecule has 4 rings (SSSR count). The quantitative estimate of drug-likeness (QED) is 0.577. The standard InChI is InChI=1S/C23H26FN5O2S/c1-16-4-3-5-18(12-16)22-25-26-23(32)29(22)15-21(30)28-10-8-27(9-11-28)14-17-6-7-20(31-2)19(24)13-17/h3-7,12-13H,8-11,14-15H2,1-2H3,(H,26,32). The number of methoxy groups -OCH3 is 1. The number of benzene rings is 2. The third-order valence-corrected chi connectivity index (χ3v) is 5.99. The van der Waals surface area contributed by atoms with E-state index in [-0.39, 0.29) is 24.0 Å². The minimum atomic E-state index is -0.361. The summed E-state index contributed by atoms with van der Waals surface area (Å²) in [7, 11) is 1.45. The van der Waals surface area contributed by atoms with Crippen molar-refractivity contribution in [3.8, 4) is 17.1 Å². The minimum absolute atomic E-state index is 0.00606. The van der Waals surface area contributed by atoms with Gasteiger partial charge in [0.2, 0.25) is 5.91 Å². The topological polar surface area (TPSA) is 66.4 Å². The van der Waals surface area contributed by atoms with Crippen molar-refractivity contribution in [3.05, 3.63) is 64.2 Å². The summed E-state index contributed by atoms with van der Waals surface area (Å²) in [5.74, 6) is 0.547. The number of nitrogens with one attached hydrogen (secondary N) is 1. The molecule has 1 saturated heterocycles. The van der Waals surface area contributed by atoms with Crippen LogP contribution in [0.2, 0.25) is 0 Å². The molecule has 0 spiro atoms. The molecule has 0 atom stereocenters. The van der Waals surface area contributed by atoms with Gasteiger partial charge in [0.25, 0.3) is 0 Å². The van der Waals surface area contributed by atoms with E-state index in [0.717, 1.165) is 29.8 Å². The van der Waals surface area contributed by atoms with Gasteiger partial charge >= 0.3 is 0 Å². The average Bonchev–Trinajstić information content (AvgIpc) is 3.14. The molecule has 9 heteroatoms. The number of hydrogen-bond acceptors (Lipinski definition) is 5. The molecule has 1 amide bonds. The zero-order valence-corrected chi connectivity index (χ0v) is 19.0. The monoisotopic (exact) mass is 455 g/mol. The lowest BCUT2D eigenvalue weighted by Crippen LogP contribution is -2.49. The van der Waals surface area contributed by atoms with E-state index in [1.807, 2.05) is 42.2 Å². The Morgan fingerprint density at radius 1 is 1.19 bits per heavy atom. The molecular weight excluding hydrogens is 429 g/mol. The van der Waals surface area contributed by atoms with Crippen LogP contribution in [0.15, 0.2) is 42.5 Å². The van der Waals surface area contributed by atoms with Gasteiger partial charge in [-0.15, -0.1) is 0 Å². The summed E-state index contributed by atoms with van der Waals surface area (Å²) in [6, 6.07) is 13.0. The van der Waals surface area contributed by atoms with Crippen molar-refractivity contribution < 1.29 is 13.9 Å². The van der Waals surface area contributed by atoms with Gasteiger partial charge in [-0.25, -0.2) is 4.39 Å². The second-order valence-electron chi connectivity index (χ2n) is 7.93. The maximum atomic E-state index is 13.9. The van der Waals surface area contributed by atoms with Crippen LogP contribution in [0.3, 0.4) is 0 Å². The molecule has 2 heterocycles. The molecule has 1 N–H and O–H groups in total. The number of amides is 1. The van der Waals surface area contributed by atoms with Crippen molar-refractivity contribution >= 4 is 18.1 Å². The Hall–Kier alpha value is -3.04. The average molecular weight is 456 g/mol. The Kier molecular flexibility index (Phi) is 6.66. The first kappa shape index (κ1) is 22.2. The van der Waals surface area contributed by atoms with Gasteiger partial charge < -0.3 is 9.64 Å². The highest BCUT2D eigenvalue weighted by Gasteiger charge is 2.23. The number of carbonyl (C=O) groups is 1. The predicted octanol–water partition coefficient (Wildman–Crippen LogP) is 3.41. The Morgan fingerprint density at radius 3 is 2.66 bits per heavy atom. The zero-order chi connectivity index (χ0) is 22.7. The van der Waals surface area contributed by atoms with E-state index in [0.29, 0.717) is 30.2 Å². The van der Waals surface area contributed by atoms with Crippen LogP contribution in [-0.4, -0.2) is 63.8 Å². The lowest BCUT2D eigenvalue weighted by atomic mass is 10.1. The third kappa shape index (κ3) is 4.89. The number of halogens is 1. The van der Waals surface area contributed by atoms with Crippen LogP contribution in [0.4, 0.5) is 4.39 Å². The van der Waals surface area contributed by atoms with E-state index >= 15 is 0 Å². The Labute approximate surface area is 191 Å². The first-order valence-electron chi connectivity index (χ1n) is 10.5. The van der Waals surface area contributed by atoms with Crippen LogP contribution in [0.1, 0.15) is 11.1 Å². The van der Waals surface area contributed by atoms with Gasteiger partial charge in [-0.1, -0.05) is 29.8 Å². The largest absolute Gasteiger partial charge is 0.494 e. The number of nitrogens with zero attached hydrogens (tertiary/aromatic N) is 4. The number of aromatic amines is 1. The first-order chi connectivity index (χ1) is 15.4. The van der Waals surface area contributed by atoms with E-state index in [2.05, 4.69) is 15.1 Å². The molecule has 0 saturated carbocycles. The highest BCUT2D eigenvalue weighted by molar-refractivity contribution is 7.71. The molecule has 1 aromatic heterocycles. The lowest BCUT2D eigenvalue weighted by molar-refractivity contribution is -0.133. The van der Waals surface area contributed by atoms with Crippen molar-refractivity contribution in [1.29, 1.82) is 0 Å². The molecule has 0 radical (unpaired) electrons. The van der Waals surface area contributed by atoms with Crippen LogP contribution in [0.25, 0.3) is 11.4 Å². The molecular formula is C23H26FN5O2S. The van der Waals surface area contributed by atoms with Crippen molar-refractivity contribution in [3.63, 3.8) is 0 Å². The fourth-order valence-corrected chi connectivity index (χ4v) is 4.12. The van der Waals surface area contributed by atoms with Gasteiger partial charge in [0.1, 0.15) is 6.54 Å². The number of aromatic nitrogens is 3. The zero-order valence-electron chi connectivity index (χ0n) is 18.2. The summed E-state index contributed by atoms with van der Waals surface area (Å²) in [6.45, 7) is 5.46. The van der Waals surface area contributed by atoms with E-state index in [4.69, 9.17) is 17.0 Å². The van der Waals surface area contributed by atoms with E-state index in [9.17, 15) is 9.18 Å². The smallest absolute Gasteiger partial charge is 0.242 e. The molecule has 1 aliphatic heterocycles. The number of aryl methyl sites for hydroxylation is 1. The van der Waals surface area contributed by atoms with Crippen LogP contribution < -0.4 is 4.74 Å². The molecule has 1 aliphatic rings. The highest BCUT2D eigenvalue weighted by Crippen LogP contribution is 2.20. The maximum Gasteiger partial charge on any atom is 0.242 e. The van der Waals surface area contributed by atoms with E-state index < -0.39 is 0 Å². The number of H-pyrrole nitrogens is 1. The summed E-state index contributed by atoms with van der Waals surface area (Å²) >= 11 is 5.37. The summed E-state index contributed by atoms with van der Waals surface area (Å²) in [5, 5.41) is 7.14. The van der Waals surface area contributed by atoms with Gasteiger partial charge in [0.15, 0.2) is 22.2 Å². The third-order valence-electron chi connectivity index (χ3n) is 5.68. The normalized spacial score (nSPS) is 14.5. The second-order valence-corrected chi connectivity index (χ2v) is 8.32. The first-order valence-corrected chi connectivity index (χ1v) is 10.9. The van der Waals surface area contributed by atoms with Gasteiger partial charge in [-0.2, -0.15) is 5.10 Å². The molecule has 1 fully saturated rings. The van der Waals surface area contributed by atoms with Crippen LogP contribution in [0.5, 0.6) is 5.75 Å². The maximum absolute atomic E-state index is 13.9. The Balaban J connectivity index is 1.37. The summed E-state index contributed by atoms with van der Waals surface area (Å²) < 4.78 is 21.1. The Morgan fingerprint density at radius 2 is 1.97 bits per heavy atom. The molecule has 3 aromatic rings.